The molecule has 0 atom stereocenters. The highest BCUT2D eigenvalue weighted by Crippen LogP contribution is 2.23. The maximum absolute atomic E-state index is 12.7. The Labute approximate surface area is 145 Å². The van der Waals surface area contributed by atoms with E-state index >= 15 is 0 Å². The molecular weight excluding hydrogens is 378 g/mol. The summed E-state index contributed by atoms with van der Waals surface area (Å²) in [5, 5.41) is 2.74. The van der Waals surface area contributed by atoms with Crippen LogP contribution in [0.3, 0.4) is 0 Å². The highest BCUT2D eigenvalue weighted by Gasteiger charge is 2.19. The maximum Gasteiger partial charge on any atom is 0.295 e. The standard InChI is InChI=1S/C16H14BrN3O2S/c1-10-14(18-15(21)12-8-9-13(17)23-12)16(22)20(19(10)2)11-6-4-3-5-7-11/h3-9H,1-2H3,(H,18,21). The zero-order chi connectivity index (χ0) is 16.6. The summed E-state index contributed by atoms with van der Waals surface area (Å²) in [7, 11) is 1.79. The number of carbonyl (C=O) groups is 1. The van der Waals surface area contributed by atoms with Gasteiger partial charge in [0.25, 0.3) is 11.5 Å². The van der Waals surface area contributed by atoms with Crippen molar-refractivity contribution in [3.05, 3.63) is 67.2 Å². The lowest BCUT2D eigenvalue weighted by Gasteiger charge is -2.07. The molecule has 0 fully saturated rings. The van der Waals surface area contributed by atoms with Gasteiger partial charge in [0.2, 0.25) is 0 Å². The van der Waals surface area contributed by atoms with Crippen LogP contribution in [0, 0.1) is 6.92 Å². The minimum absolute atomic E-state index is 0.250. The Kier molecular flexibility index (Phi) is 4.23. The third kappa shape index (κ3) is 2.89. The van der Waals surface area contributed by atoms with Gasteiger partial charge < -0.3 is 5.32 Å². The molecule has 1 aromatic carbocycles. The van der Waals surface area contributed by atoms with Crippen LogP contribution in [0.15, 0.2) is 51.0 Å². The van der Waals surface area contributed by atoms with E-state index in [1.807, 2.05) is 30.3 Å². The number of amides is 1. The van der Waals surface area contributed by atoms with Gasteiger partial charge in [0.15, 0.2) is 0 Å². The highest BCUT2D eigenvalue weighted by atomic mass is 79.9. The fourth-order valence-electron chi connectivity index (χ4n) is 2.32. The first-order chi connectivity index (χ1) is 11.0. The number of halogens is 1. The van der Waals surface area contributed by atoms with Crippen LogP contribution in [-0.4, -0.2) is 15.3 Å². The largest absolute Gasteiger partial charge is 0.315 e. The van der Waals surface area contributed by atoms with E-state index in [4.69, 9.17) is 0 Å². The normalized spacial score (nSPS) is 10.7. The van der Waals surface area contributed by atoms with Crippen LogP contribution in [0.5, 0.6) is 0 Å². The Hall–Kier alpha value is -2.12. The second kappa shape index (κ2) is 6.17. The predicted molar refractivity (Wildman–Crippen MR) is 95.7 cm³/mol. The number of rotatable bonds is 3. The summed E-state index contributed by atoms with van der Waals surface area (Å²) in [6.07, 6.45) is 0. The molecule has 1 N–H and O–H groups in total. The average molecular weight is 392 g/mol. The molecule has 0 unspecified atom stereocenters. The zero-order valence-electron chi connectivity index (χ0n) is 12.5. The van der Waals surface area contributed by atoms with E-state index in [1.54, 1.807) is 30.8 Å². The lowest BCUT2D eigenvalue weighted by molar-refractivity contribution is 0.103. The van der Waals surface area contributed by atoms with Crippen LogP contribution < -0.4 is 10.9 Å². The molecule has 0 aliphatic rings. The van der Waals surface area contributed by atoms with Gasteiger partial charge in [-0.15, -0.1) is 11.3 Å². The molecule has 7 heteroatoms. The Morgan fingerprint density at radius 1 is 1.17 bits per heavy atom. The van der Waals surface area contributed by atoms with Gasteiger partial charge in [0.1, 0.15) is 5.69 Å². The number of nitrogens with zero attached hydrogens (tertiary/aromatic N) is 2. The monoisotopic (exact) mass is 391 g/mol. The number of nitrogens with one attached hydrogen (secondary N) is 1. The van der Waals surface area contributed by atoms with Gasteiger partial charge in [-0.1, -0.05) is 18.2 Å². The quantitative estimate of drug-likeness (QED) is 0.741. The first-order valence-corrected chi connectivity index (χ1v) is 8.50. The van der Waals surface area contributed by atoms with E-state index in [-0.39, 0.29) is 11.5 Å². The Bertz CT molecular complexity index is 925. The summed E-state index contributed by atoms with van der Waals surface area (Å²) in [6, 6.07) is 12.8. The van der Waals surface area contributed by atoms with Crippen molar-refractivity contribution in [3.8, 4) is 5.69 Å². The smallest absolute Gasteiger partial charge is 0.295 e. The number of para-hydroxylation sites is 1. The molecule has 0 aliphatic heterocycles. The molecule has 118 valence electrons. The van der Waals surface area contributed by atoms with Gasteiger partial charge in [-0.25, -0.2) is 4.68 Å². The van der Waals surface area contributed by atoms with Crippen molar-refractivity contribution >= 4 is 38.9 Å². The second-order valence-corrected chi connectivity index (χ2v) is 7.46. The summed E-state index contributed by atoms with van der Waals surface area (Å²) in [6.45, 7) is 1.81. The third-order valence-electron chi connectivity index (χ3n) is 3.59. The second-order valence-electron chi connectivity index (χ2n) is 4.99. The molecule has 0 saturated carbocycles. The van der Waals surface area contributed by atoms with Crippen molar-refractivity contribution in [1.29, 1.82) is 0 Å². The molecule has 0 bridgehead atoms. The van der Waals surface area contributed by atoms with Crippen LogP contribution in [0.2, 0.25) is 0 Å². The van der Waals surface area contributed by atoms with E-state index in [1.165, 1.54) is 16.0 Å². The van der Waals surface area contributed by atoms with Gasteiger partial charge in [-0.05, 0) is 47.1 Å². The van der Waals surface area contributed by atoms with Crippen LogP contribution >= 0.6 is 27.3 Å². The average Bonchev–Trinajstić information content (AvgIpc) is 3.06. The molecule has 3 aromatic rings. The van der Waals surface area contributed by atoms with Crippen molar-refractivity contribution in [2.45, 2.75) is 6.92 Å². The number of hydrogen-bond acceptors (Lipinski definition) is 3. The van der Waals surface area contributed by atoms with E-state index in [0.717, 1.165) is 9.47 Å². The first-order valence-electron chi connectivity index (χ1n) is 6.89. The van der Waals surface area contributed by atoms with E-state index in [9.17, 15) is 9.59 Å². The van der Waals surface area contributed by atoms with Gasteiger partial charge in [0, 0.05) is 7.05 Å². The van der Waals surface area contributed by atoms with Gasteiger partial charge >= 0.3 is 0 Å². The van der Waals surface area contributed by atoms with Crippen molar-refractivity contribution < 1.29 is 4.79 Å². The fraction of sp³-hybridized carbons (Fsp3) is 0.125. The summed E-state index contributed by atoms with van der Waals surface area (Å²) in [5.41, 5.74) is 1.50. The topological polar surface area (TPSA) is 56.0 Å². The number of carbonyl (C=O) groups excluding carboxylic acids is 1. The Morgan fingerprint density at radius 3 is 2.48 bits per heavy atom. The summed E-state index contributed by atoms with van der Waals surface area (Å²) >= 11 is 4.65. The third-order valence-corrected chi connectivity index (χ3v) is 5.21. The molecule has 2 aromatic heterocycles. The van der Waals surface area contributed by atoms with Crippen molar-refractivity contribution in [2.24, 2.45) is 7.05 Å². The minimum atomic E-state index is -0.285. The van der Waals surface area contributed by atoms with Crippen LogP contribution in [0.1, 0.15) is 15.4 Å². The fourth-order valence-corrected chi connectivity index (χ4v) is 3.61. The summed E-state index contributed by atoms with van der Waals surface area (Å²) in [4.78, 5) is 25.6. The number of aromatic nitrogens is 2. The zero-order valence-corrected chi connectivity index (χ0v) is 14.9. The predicted octanol–water partition coefficient (Wildman–Crippen LogP) is 3.56. The van der Waals surface area contributed by atoms with E-state index in [2.05, 4.69) is 21.2 Å². The lowest BCUT2D eigenvalue weighted by Crippen LogP contribution is -2.22. The molecule has 0 aliphatic carbocycles. The van der Waals surface area contributed by atoms with E-state index in [0.29, 0.717) is 16.3 Å². The van der Waals surface area contributed by atoms with Gasteiger partial charge in [-0.3, -0.25) is 14.3 Å². The van der Waals surface area contributed by atoms with Gasteiger partial charge in [-0.2, -0.15) is 0 Å². The number of benzene rings is 1. The van der Waals surface area contributed by atoms with Crippen molar-refractivity contribution in [2.75, 3.05) is 5.32 Å². The molecule has 3 rings (SSSR count). The Balaban J connectivity index is 2.01. The number of anilines is 1. The van der Waals surface area contributed by atoms with Crippen LogP contribution in [-0.2, 0) is 7.05 Å². The number of hydrogen-bond donors (Lipinski definition) is 1. The van der Waals surface area contributed by atoms with Crippen molar-refractivity contribution in [3.63, 3.8) is 0 Å². The highest BCUT2D eigenvalue weighted by molar-refractivity contribution is 9.11. The summed E-state index contributed by atoms with van der Waals surface area (Å²) in [5.74, 6) is -0.285. The molecule has 0 saturated heterocycles. The molecule has 0 spiro atoms. The molecule has 1 amide bonds. The number of thiophene rings is 1. The maximum atomic E-state index is 12.7. The lowest BCUT2D eigenvalue weighted by atomic mass is 10.3. The van der Waals surface area contributed by atoms with Crippen molar-refractivity contribution in [1.82, 2.24) is 9.36 Å². The first kappa shape index (κ1) is 15.8. The minimum Gasteiger partial charge on any atom is -0.315 e. The SMILES string of the molecule is Cc1c(NC(=O)c2ccc(Br)s2)c(=O)n(-c2ccccc2)n1C. The Morgan fingerprint density at radius 2 is 1.87 bits per heavy atom. The van der Waals surface area contributed by atoms with Crippen LogP contribution in [0.25, 0.3) is 5.69 Å². The molecule has 5 nitrogen and oxygen atoms in total. The van der Waals surface area contributed by atoms with Crippen LogP contribution in [0.4, 0.5) is 5.69 Å². The molecule has 2 heterocycles. The summed E-state index contributed by atoms with van der Waals surface area (Å²) < 4.78 is 4.14. The molecular formula is C16H14BrN3O2S. The molecule has 23 heavy (non-hydrogen) atoms. The van der Waals surface area contributed by atoms with Gasteiger partial charge in [0.05, 0.1) is 20.0 Å². The van der Waals surface area contributed by atoms with E-state index < -0.39 is 0 Å². The molecule has 0 radical (unpaired) electrons.